The lowest BCUT2D eigenvalue weighted by atomic mass is 9.98. The van der Waals surface area contributed by atoms with Crippen LogP contribution in [-0.4, -0.2) is 46.1 Å². The highest BCUT2D eigenvalue weighted by Crippen LogP contribution is 2.19. The Morgan fingerprint density at radius 1 is 1.42 bits per heavy atom. The van der Waals surface area contributed by atoms with Gasteiger partial charge in [-0.25, -0.2) is 4.68 Å². The number of rotatable bonds is 5. The number of aromatic nitrogens is 3. The predicted molar refractivity (Wildman–Crippen MR) is 85.7 cm³/mol. The molecule has 0 saturated carbocycles. The van der Waals surface area contributed by atoms with Gasteiger partial charge in [0, 0.05) is 12.5 Å². The Morgan fingerprint density at radius 3 is 2.88 bits per heavy atom. The van der Waals surface area contributed by atoms with E-state index < -0.39 is 17.9 Å². The Kier molecular flexibility index (Phi) is 4.77. The summed E-state index contributed by atoms with van der Waals surface area (Å²) in [5.41, 5.74) is 6.06. The van der Waals surface area contributed by atoms with Crippen molar-refractivity contribution in [2.45, 2.75) is 12.5 Å². The number of halogens is 1. The van der Waals surface area contributed by atoms with Gasteiger partial charge in [0.1, 0.15) is 6.04 Å². The molecular formula is C15H16ClN5O3. The number of carbonyl (C=O) groups is 2. The molecule has 2 amide bonds. The number of para-hydroxylation sites is 1. The van der Waals surface area contributed by atoms with Crippen molar-refractivity contribution >= 4 is 23.4 Å². The summed E-state index contributed by atoms with van der Waals surface area (Å²) in [5, 5.41) is 10.8. The summed E-state index contributed by atoms with van der Waals surface area (Å²) in [7, 11) is 0. The van der Waals surface area contributed by atoms with E-state index in [1.807, 2.05) is 0 Å². The van der Waals surface area contributed by atoms with Crippen molar-refractivity contribution in [3.05, 3.63) is 41.2 Å². The van der Waals surface area contributed by atoms with E-state index in [4.69, 9.17) is 22.1 Å². The van der Waals surface area contributed by atoms with Gasteiger partial charge in [0.05, 0.1) is 23.5 Å². The van der Waals surface area contributed by atoms with Crippen LogP contribution in [0.5, 0.6) is 0 Å². The maximum atomic E-state index is 12.3. The van der Waals surface area contributed by atoms with Crippen molar-refractivity contribution in [3.8, 4) is 5.69 Å². The van der Waals surface area contributed by atoms with E-state index in [1.165, 1.54) is 10.9 Å². The molecule has 0 aliphatic carbocycles. The molecule has 1 aliphatic heterocycles. The van der Waals surface area contributed by atoms with Gasteiger partial charge >= 0.3 is 0 Å². The van der Waals surface area contributed by atoms with Crippen LogP contribution in [0.25, 0.3) is 5.69 Å². The second-order valence-electron chi connectivity index (χ2n) is 5.48. The molecule has 9 heteroatoms. The summed E-state index contributed by atoms with van der Waals surface area (Å²) in [5.74, 6) is -1.26. The fourth-order valence-corrected chi connectivity index (χ4v) is 2.80. The second-order valence-corrected chi connectivity index (χ2v) is 5.88. The van der Waals surface area contributed by atoms with E-state index in [2.05, 4.69) is 15.6 Å². The van der Waals surface area contributed by atoms with Crippen LogP contribution in [-0.2, 0) is 9.53 Å². The number of primary amides is 1. The molecule has 2 heterocycles. The zero-order chi connectivity index (χ0) is 17.1. The van der Waals surface area contributed by atoms with Crippen LogP contribution in [0.4, 0.5) is 0 Å². The third-order valence-electron chi connectivity index (χ3n) is 3.85. The Hall–Kier alpha value is -2.45. The lowest BCUT2D eigenvalue weighted by Crippen LogP contribution is -2.49. The molecule has 2 atom stereocenters. The number of amides is 2. The molecule has 3 N–H and O–H groups in total. The van der Waals surface area contributed by atoms with E-state index in [-0.39, 0.29) is 11.6 Å². The summed E-state index contributed by atoms with van der Waals surface area (Å²) in [6.07, 6.45) is 2.11. The topological polar surface area (TPSA) is 112 Å². The molecule has 1 saturated heterocycles. The Morgan fingerprint density at radius 2 is 2.21 bits per heavy atom. The van der Waals surface area contributed by atoms with Crippen LogP contribution in [0, 0.1) is 5.92 Å². The van der Waals surface area contributed by atoms with Gasteiger partial charge in [0.15, 0.2) is 5.69 Å². The van der Waals surface area contributed by atoms with E-state index in [9.17, 15) is 9.59 Å². The first kappa shape index (κ1) is 16.4. The fraction of sp³-hybridized carbons (Fsp3) is 0.333. The normalized spacial score (nSPS) is 18.3. The molecule has 1 aliphatic rings. The third kappa shape index (κ3) is 3.39. The zero-order valence-corrected chi connectivity index (χ0v) is 13.4. The van der Waals surface area contributed by atoms with Crippen molar-refractivity contribution in [2.24, 2.45) is 11.7 Å². The molecule has 0 bridgehead atoms. The highest BCUT2D eigenvalue weighted by atomic mass is 35.5. The number of nitrogens with zero attached hydrogens (tertiary/aromatic N) is 3. The highest BCUT2D eigenvalue weighted by Gasteiger charge is 2.32. The smallest absolute Gasteiger partial charge is 0.274 e. The number of benzene rings is 1. The zero-order valence-electron chi connectivity index (χ0n) is 12.7. The lowest BCUT2D eigenvalue weighted by Gasteiger charge is -2.19. The molecular weight excluding hydrogens is 334 g/mol. The predicted octanol–water partition coefficient (Wildman–Crippen LogP) is 0.541. The largest absolute Gasteiger partial charge is 0.381 e. The van der Waals surface area contributed by atoms with Gasteiger partial charge in [0.2, 0.25) is 5.91 Å². The van der Waals surface area contributed by atoms with Gasteiger partial charge < -0.3 is 15.8 Å². The molecule has 1 aromatic carbocycles. The van der Waals surface area contributed by atoms with Gasteiger partial charge in [-0.15, -0.1) is 5.10 Å². The molecule has 1 aromatic heterocycles. The third-order valence-corrected chi connectivity index (χ3v) is 4.17. The van der Waals surface area contributed by atoms with Crippen molar-refractivity contribution in [2.75, 3.05) is 13.2 Å². The van der Waals surface area contributed by atoms with Crippen molar-refractivity contribution < 1.29 is 14.3 Å². The standard InChI is InChI=1S/C15H16ClN5O3/c16-10-3-1-2-4-12(10)21-7-11(19-20-21)15(23)18-13(14(17)22)9-5-6-24-8-9/h1-4,7,9,13H,5-6,8H2,(H2,17,22)(H,18,23). The minimum absolute atomic E-state index is 0.0695. The Balaban J connectivity index is 1.76. The molecule has 0 radical (unpaired) electrons. The lowest BCUT2D eigenvalue weighted by molar-refractivity contribution is -0.121. The maximum absolute atomic E-state index is 12.3. The molecule has 2 aromatic rings. The SMILES string of the molecule is NC(=O)C(NC(=O)c1cn(-c2ccccc2Cl)nn1)C1CCOC1. The van der Waals surface area contributed by atoms with E-state index in [1.54, 1.807) is 24.3 Å². The summed E-state index contributed by atoms with van der Waals surface area (Å²) in [6.45, 7) is 0.938. The first-order valence-corrected chi connectivity index (χ1v) is 7.79. The van der Waals surface area contributed by atoms with E-state index in [0.29, 0.717) is 30.3 Å². The number of ether oxygens (including phenoxy) is 1. The van der Waals surface area contributed by atoms with Crippen molar-refractivity contribution in [1.82, 2.24) is 20.3 Å². The van der Waals surface area contributed by atoms with E-state index in [0.717, 1.165) is 0 Å². The molecule has 2 unspecified atom stereocenters. The molecule has 1 fully saturated rings. The van der Waals surface area contributed by atoms with E-state index >= 15 is 0 Å². The van der Waals surface area contributed by atoms with Crippen LogP contribution in [0.1, 0.15) is 16.9 Å². The average molecular weight is 350 g/mol. The van der Waals surface area contributed by atoms with Gasteiger partial charge in [-0.05, 0) is 18.6 Å². The number of hydrogen-bond acceptors (Lipinski definition) is 5. The quantitative estimate of drug-likeness (QED) is 0.818. The first-order chi connectivity index (χ1) is 11.6. The highest BCUT2D eigenvalue weighted by molar-refractivity contribution is 6.32. The van der Waals surface area contributed by atoms with Crippen LogP contribution >= 0.6 is 11.6 Å². The van der Waals surface area contributed by atoms with Crippen LogP contribution in [0.3, 0.4) is 0 Å². The monoisotopic (exact) mass is 349 g/mol. The van der Waals surface area contributed by atoms with Gasteiger partial charge in [0.25, 0.3) is 5.91 Å². The summed E-state index contributed by atoms with van der Waals surface area (Å²) >= 11 is 6.10. The van der Waals surface area contributed by atoms with Gasteiger partial charge in [-0.2, -0.15) is 0 Å². The molecule has 0 spiro atoms. The second kappa shape index (κ2) is 6.98. The van der Waals surface area contributed by atoms with Crippen LogP contribution in [0.15, 0.2) is 30.5 Å². The fourth-order valence-electron chi connectivity index (χ4n) is 2.58. The number of hydrogen-bond donors (Lipinski definition) is 2. The first-order valence-electron chi connectivity index (χ1n) is 7.41. The Bertz CT molecular complexity index is 757. The Labute approximate surface area is 142 Å². The van der Waals surface area contributed by atoms with Crippen LogP contribution in [0.2, 0.25) is 5.02 Å². The summed E-state index contributed by atoms with van der Waals surface area (Å²) in [6, 6.07) is 6.25. The summed E-state index contributed by atoms with van der Waals surface area (Å²) < 4.78 is 6.64. The molecule has 8 nitrogen and oxygen atoms in total. The molecule has 3 rings (SSSR count). The minimum atomic E-state index is -0.800. The number of carbonyl (C=O) groups excluding carboxylic acids is 2. The van der Waals surface area contributed by atoms with Gasteiger partial charge in [-0.1, -0.05) is 28.9 Å². The number of nitrogens with two attached hydrogens (primary N) is 1. The van der Waals surface area contributed by atoms with Crippen molar-refractivity contribution in [3.63, 3.8) is 0 Å². The molecule has 24 heavy (non-hydrogen) atoms. The van der Waals surface area contributed by atoms with Crippen molar-refractivity contribution in [1.29, 1.82) is 0 Å². The maximum Gasteiger partial charge on any atom is 0.274 e. The minimum Gasteiger partial charge on any atom is -0.381 e. The molecule has 126 valence electrons. The number of nitrogens with one attached hydrogen (secondary N) is 1. The average Bonchev–Trinajstić information content (AvgIpc) is 3.24. The van der Waals surface area contributed by atoms with Crippen LogP contribution < -0.4 is 11.1 Å². The van der Waals surface area contributed by atoms with Gasteiger partial charge in [-0.3, -0.25) is 9.59 Å². The summed E-state index contributed by atoms with van der Waals surface area (Å²) in [4.78, 5) is 24.0.